The Kier molecular flexibility index (Phi) is 3.70. The summed E-state index contributed by atoms with van der Waals surface area (Å²) in [4.78, 5) is 0. The number of nitrogens with one attached hydrogen (secondary N) is 1. The minimum absolute atomic E-state index is 0.609. The van der Waals surface area contributed by atoms with Gasteiger partial charge in [0.2, 0.25) is 0 Å². The van der Waals surface area contributed by atoms with Gasteiger partial charge < -0.3 is 5.32 Å². The van der Waals surface area contributed by atoms with Gasteiger partial charge in [0.15, 0.2) is 0 Å². The fourth-order valence-electron chi connectivity index (χ4n) is 1.11. The van der Waals surface area contributed by atoms with E-state index in [4.69, 9.17) is 0 Å². The SMILES string of the molecule is CNCCC1C=CC=CC=C1. The van der Waals surface area contributed by atoms with E-state index in [1.165, 1.54) is 6.42 Å². The summed E-state index contributed by atoms with van der Waals surface area (Å²) in [6, 6.07) is 0. The number of allylic oxidation sites excluding steroid dienone is 6. The van der Waals surface area contributed by atoms with Gasteiger partial charge in [-0.1, -0.05) is 36.5 Å². The summed E-state index contributed by atoms with van der Waals surface area (Å²) in [5, 5.41) is 3.15. The molecule has 0 fully saturated rings. The highest BCUT2D eigenvalue weighted by Crippen LogP contribution is 2.08. The molecule has 0 aromatic rings. The molecule has 0 heterocycles. The Morgan fingerprint density at radius 1 is 1.09 bits per heavy atom. The van der Waals surface area contributed by atoms with Crippen LogP contribution in [-0.4, -0.2) is 13.6 Å². The van der Waals surface area contributed by atoms with Crippen LogP contribution in [0.5, 0.6) is 0 Å². The first-order valence-electron chi connectivity index (χ1n) is 4.10. The largest absolute Gasteiger partial charge is 0.320 e. The highest BCUT2D eigenvalue weighted by molar-refractivity contribution is 5.19. The van der Waals surface area contributed by atoms with Gasteiger partial charge in [-0.2, -0.15) is 0 Å². The van der Waals surface area contributed by atoms with E-state index in [0.717, 1.165) is 6.54 Å². The molecule has 11 heavy (non-hydrogen) atoms. The van der Waals surface area contributed by atoms with Gasteiger partial charge in [-0.25, -0.2) is 0 Å². The molecule has 1 aliphatic carbocycles. The fourth-order valence-corrected chi connectivity index (χ4v) is 1.11. The van der Waals surface area contributed by atoms with Gasteiger partial charge in [-0.3, -0.25) is 0 Å². The zero-order valence-corrected chi connectivity index (χ0v) is 6.96. The molecule has 0 unspecified atom stereocenters. The van der Waals surface area contributed by atoms with Gasteiger partial charge >= 0.3 is 0 Å². The molecule has 0 atom stereocenters. The molecule has 1 rings (SSSR count). The third-order valence-corrected chi connectivity index (χ3v) is 1.78. The minimum Gasteiger partial charge on any atom is -0.320 e. The monoisotopic (exact) mass is 149 g/mol. The Bertz CT molecular complexity index is 161. The Hall–Kier alpha value is -0.820. The van der Waals surface area contributed by atoms with E-state index in [2.05, 4.69) is 41.8 Å². The molecule has 0 saturated heterocycles. The lowest BCUT2D eigenvalue weighted by Crippen LogP contribution is -2.10. The van der Waals surface area contributed by atoms with Gasteiger partial charge in [-0.05, 0) is 25.9 Å². The van der Waals surface area contributed by atoms with Gasteiger partial charge in [0, 0.05) is 0 Å². The lowest BCUT2D eigenvalue weighted by Gasteiger charge is -2.04. The maximum absolute atomic E-state index is 3.15. The molecule has 60 valence electrons. The molecule has 1 aliphatic rings. The van der Waals surface area contributed by atoms with E-state index in [-0.39, 0.29) is 0 Å². The smallest absolute Gasteiger partial charge is 0.00352 e. The van der Waals surface area contributed by atoms with Crippen molar-refractivity contribution in [3.8, 4) is 0 Å². The summed E-state index contributed by atoms with van der Waals surface area (Å²) >= 11 is 0. The lowest BCUT2D eigenvalue weighted by molar-refractivity contribution is 0.655. The Balaban J connectivity index is 2.34. The molecule has 1 nitrogen and oxygen atoms in total. The number of hydrogen-bond acceptors (Lipinski definition) is 1. The minimum atomic E-state index is 0.609. The van der Waals surface area contributed by atoms with Crippen LogP contribution in [0, 0.1) is 5.92 Å². The predicted molar refractivity (Wildman–Crippen MR) is 49.5 cm³/mol. The second-order valence-corrected chi connectivity index (χ2v) is 2.71. The first kappa shape index (κ1) is 8.28. The van der Waals surface area contributed by atoms with Crippen LogP contribution in [0.4, 0.5) is 0 Å². The van der Waals surface area contributed by atoms with Crippen molar-refractivity contribution >= 4 is 0 Å². The van der Waals surface area contributed by atoms with Gasteiger partial charge in [0.25, 0.3) is 0 Å². The van der Waals surface area contributed by atoms with Gasteiger partial charge in [0.05, 0.1) is 0 Å². The Labute approximate surface area is 68.5 Å². The first-order chi connectivity index (χ1) is 5.43. The van der Waals surface area contributed by atoms with Crippen molar-refractivity contribution in [2.75, 3.05) is 13.6 Å². The zero-order valence-electron chi connectivity index (χ0n) is 6.96. The molecular weight excluding hydrogens is 134 g/mol. The molecular formula is C10H15N. The van der Waals surface area contributed by atoms with E-state index < -0.39 is 0 Å². The van der Waals surface area contributed by atoms with Crippen LogP contribution in [0.25, 0.3) is 0 Å². The first-order valence-corrected chi connectivity index (χ1v) is 4.10. The second kappa shape index (κ2) is 4.91. The Morgan fingerprint density at radius 3 is 2.27 bits per heavy atom. The van der Waals surface area contributed by atoms with Crippen molar-refractivity contribution in [3.05, 3.63) is 36.5 Å². The van der Waals surface area contributed by atoms with Crippen molar-refractivity contribution in [1.82, 2.24) is 5.32 Å². The predicted octanol–water partition coefficient (Wildman–Crippen LogP) is 1.89. The molecule has 0 saturated carbocycles. The average Bonchev–Trinajstić information content (AvgIpc) is 2.28. The maximum Gasteiger partial charge on any atom is -0.00352 e. The van der Waals surface area contributed by atoms with Crippen molar-refractivity contribution in [1.29, 1.82) is 0 Å². The lowest BCUT2D eigenvalue weighted by atomic mass is 10.1. The van der Waals surface area contributed by atoms with E-state index in [0.29, 0.717) is 5.92 Å². The van der Waals surface area contributed by atoms with Gasteiger partial charge in [0.1, 0.15) is 0 Å². The highest BCUT2D eigenvalue weighted by atomic mass is 14.8. The molecule has 0 aromatic carbocycles. The van der Waals surface area contributed by atoms with Crippen LogP contribution in [0.3, 0.4) is 0 Å². The number of rotatable bonds is 3. The van der Waals surface area contributed by atoms with Crippen LogP contribution in [0.2, 0.25) is 0 Å². The van der Waals surface area contributed by atoms with Crippen LogP contribution >= 0.6 is 0 Å². The molecule has 0 radical (unpaired) electrons. The quantitative estimate of drug-likeness (QED) is 0.646. The summed E-state index contributed by atoms with van der Waals surface area (Å²) in [7, 11) is 1.99. The number of hydrogen-bond donors (Lipinski definition) is 1. The summed E-state index contributed by atoms with van der Waals surface area (Å²) in [5.41, 5.74) is 0. The fraction of sp³-hybridized carbons (Fsp3) is 0.400. The standard InChI is InChI=1S/C10H15N/c1-11-9-8-10-6-4-2-3-5-7-10/h2-7,10-11H,8-9H2,1H3. The van der Waals surface area contributed by atoms with Gasteiger partial charge in [-0.15, -0.1) is 0 Å². The summed E-state index contributed by atoms with van der Waals surface area (Å²) < 4.78 is 0. The van der Waals surface area contributed by atoms with E-state index in [1.54, 1.807) is 0 Å². The van der Waals surface area contributed by atoms with E-state index >= 15 is 0 Å². The summed E-state index contributed by atoms with van der Waals surface area (Å²) in [6.45, 7) is 1.08. The molecule has 1 N–H and O–H groups in total. The average molecular weight is 149 g/mol. The highest BCUT2D eigenvalue weighted by Gasteiger charge is 1.98. The molecule has 0 spiro atoms. The van der Waals surface area contributed by atoms with Crippen molar-refractivity contribution in [3.63, 3.8) is 0 Å². The van der Waals surface area contributed by atoms with Crippen LogP contribution in [0.15, 0.2) is 36.5 Å². The topological polar surface area (TPSA) is 12.0 Å². The normalized spacial score (nSPS) is 17.2. The van der Waals surface area contributed by atoms with E-state index in [1.807, 2.05) is 7.05 Å². The van der Waals surface area contributed by atoms with Crippen LogP contribution in [-0.2, 0) is 0 Å². The van der Waals surface area contributed by atoms with Crippen LogP contribution < -0.4 is 5.32 Å². The maximum atomic E-state index is 3.15. The zero-order chi connectivity index (χ0) is 7.94. The Morgan fingerprint density at radius 2 is 1.73 bits per heavy atom. The van der Waals surface area contributed by atoms with Crippen molar-refractivity contribution in [2.24, 2.45) is 5.92 Å². The molecule has 0 amide bonds. The molecule has 0 aliphatic heterocycles. The summed E-state index contributed by atoms with van der Waals surface area (Å²) in [5.74, 6) is 0.609. The van der Waals surface area contributed by atoms with E-state index in [9.17, 15) is 0 Å². The second-order valence-electron chi connectivity index (χ2n) is 2.71. The van der Waals surface area contributed by atoms with Crippen LogP contribution in [0.1, 0.15) is 6.42 Å². The third-order valence-electron chi connectivity index (χ3n) is 1.78. The molecule has 1 heteroatoms. The van der Waals surface area contributed by atoms with Crippen molar-refractivity contribution in [2.45, 2.75) is 6.42 Å². The third kappa shape index (κ3) is 3.19. The summed E-state index contributed by atoms with van der Waals surface area (Å²) in [6.07, 6.45) is 14.0. The molecule has 0 bridgehead atoms. The molecule has 0 aromatic heterocycles. The van der Waals surface area contributed by atoms with Crippen molar-refractivity contribution < 1.29 is 0 Å².